The number of ether oxygens (including phenoxy) is 1. The van der Waals surface area contributed by atoms with Gasteiger partial charge in [-0.15, -0.1) is 24.0 Å². The highest BCUT2D eigenvalue weighted by Crippen LogP contribution is 2.16. The van der Waals surface area contributed by atoms with Crippen LogP contribution in [0.2, 0.25) is 0 Å². The maximum Gasteiger partial charge on any atom is 0.185 e. The zero-order valence-electron chi connectivity index (χ0n) is 9.40. The van der Waals surface area contributed by atoms with Crippen LogP contribution in [0, 0.1) is 0 Å². The fourth-order valence-electron chi connectivity index (χ4n) is 1.55. The molecule has 0 atom stereocenters. The lowest BCUT2D eigenvalue weighted by Crippen LogP contribution is -2.52. The summed E-state index contributed by atoms with van der Waals surface area (Å²) in [5.41, 5.74) is 10.6. The van der Waals surface area contributed by atoms with Crippen molar-refractivity contribution in [3.8, 4) is 0 Å². The standard InChI is InChI=1S/C9H20N4O.HI/c1-9(2,7-12-8(10)11)13-3-5-14-6-4-13;/h3-7H2,1-2H3,(H4,10,11,12);1H. The lowest BCUT2D eigenvalue weighted by molar-refractivity contribution is -0.00681. The third-order valence-corrected chi connectivity index (χ3v) is 2.52. The number of halogens is 1. The topological polar surface area (TPSA) is 76.9 Å². The first-order valence-electron chi connectivity index (χ1n) is 4.90. The first-order valence-corrected chi connectivity index (χ1v) is 4.90. The number of nitrogens with zero attached hydrogens (tertiary/aromatic N) is 2. The molecule has 1 fully saturated rings. The van der Waals surface area contributed by atoms with Gasteiger partial charge in [0.05, 0.1) is 19.8 Å². The van der Waals surface area contributed by atoms with Gasteiger partial charge in [0.2, 0.25) is 0 Å². The molecule has 0 radical (unpaired) electrons. The predicted molar refractivity (Wildman–Crippen MR) is 72.6 cm³/mol. The second-order valence-corrected chi connectivity index (χ2v) is 4.15. The van der Waals surface area contributed by atoms with Crippen LogP contribution in [0.15, 0.2) is 4.99 Å². The predicted octanol–water partition coefficient (Wildman–Crippen LogP) is -0.0114. The van der Waals surface area contributed by atoms with Gasteiger partial charge in [-0.3, -0.25) is 9.89 Å². The molecule has 0 spiro atoms. The van der Waals surface area contributed by atoms with Crippen molar-refractivity contribution in [2.75, 3.05) is 32.8 Å². The molecular weight excluding hydrogens is 307 g/mol. The molecule has 1 aliphatic rings. The Morgan fingerprint density at radius 2 is 1.87 bits per heavy atom. The van der Waals surface area contributed by atoms with Crippen LogP contribution in [-0.2, 0) is 4.74 Å². The molecule has 0 saturated carbocycles. The van der Waals surface area contributed by atoms with E-state index in [4.69, 9.17) is 16.2 Å². The molecule has 1 rings (SSSR count). The second-order valence-electron chi connectivity index (χ2n) is 4.15. The minimum Gasteiger partial charge on any atom is -0.379 e. The molecule has 90 valence electrons. The summed E-state index contributed by atoms with van der Waals surface area (Å²) in [6.45, 7) is 8.42. The van der Waals surface area contributed by atoms with E-state index in [0.717, 1.165) is 26.3 Å². The molecule has 5 nitrogen and oxygen atoms in total. The van der Waals surface area contributed by atoms with E-state index >= 15 is 0 Å². The van der Waals surface area contributed by atoms with Crippen molar-refractivity contribution in [3.63, 3.8) is 0 Å². The number of nitrogens with two attached hydrogens (primary N) is 2. The SMILES string of the molecule is CC(C)(CN=C(N)N)N1CCOCC1.I. The Bertz CT molecular complexity index is 210. The Hall–Kier alpha value is -0.0800. The van der Waals surface area contributed by atoms with E-state index in [2.05, 4.69) is 23.7 Å². The number of guanidine groups is 1. The van der Waals surface area contributed by atoms with E-state index in [0.29, 0.717) is 6.54 Å². The van der Waals surface area contributed by atoms with Crippen molar-refractivity contribution >= 4 is 29.9 Å². The van der Waals surface area contributed by atoms with Crippen LogP contribution >= 0.6 is 24.0 Å². The summed E-state index contributed by atoms with van der Waals surface area (Å²) < 4.78 is 5.29. The van der Waals surface area contributed by atoms with Crippen LogP contribution in [0.3, 0.4) is 0 Å². The Morgan fingerprint density at radius 1 is 1.33 bits per heavy atom. The van der Waals surface area contributed by atoms with Crippen LogP contribution in [0.25, 0.3) is 0 Å². The van der Waals surface area contributed by atoms with E-state index < -0.39 is 0 Å². The third-order valence-electron chi connectivity index (χ3n) is 2.52. The van der Waals surface area contributed by atoms with E-state index in [1.807, 2.05) is 0 Å². The van der Waals surface area contributed by atoms with Crippen molar-refractivity contribution in [1.29, 1.82) is 0 Å². The first-order chi connectivity index (χ1) is 6.52. The maximum absolute atomic E-state index is 5.31. The number of hydrogen-bond donors (Lipinski definition) is 2. The summed E-state index contributed by atoms with van der Waals surface area (Å²) in [6, 6.07) is 0. The summed E-state index contributed by atoms with van der Waals surface area (Å²) in [6.07, 6.45) is 0. The molecule has 4 N–H and O–H groups in total. The fourth-order valence-corrected chi connectivity index (χ4v) is 1.55. The van der Waals surface area contributed by atoms with Gasteiger partial charge >= 0.3 is 0 Å². The Labute approximate surface area is 108 Å². The average Bonchev–Trinajstić information content (AvgIpc) is 2.16. The van der Waals surface area contributed by atoms with Gasteiger partial charge in [-0.05, 0) is 13.8 Å². The van der Waals surface area contributed by atoms with E-state index in [1.165, 1.54) is 0 Å². The molecular formula is C9H21IN4O. The number of aliphatic imine (C=N–C) groups is 1. The van der Waals surface area contributed by atoms with Gasteiger partial charge in [-0.2, -0.15) is 0 Å². The highest BCUT2D eigenvalue weighted by atomic mass is 127. The zero-order valence-corrected chi connectivity index (χ0v) is 11.7. The van der Waals surface area contributed by atoms with Crippen molar-refractivity contribution < 1.29 is 4.74 Å². The van der Waals surface area contributed by atoms with Crippen molar-refractivity contribution in [1.82, 2.24) is 4.90 Å². The van der Waals surface area contributed by atoms with Crippen LogP contribution in [-0.4, -0.2) is 49.2 Å². The van der Waals surface area contributed by atoms with Crippen LogP contribution in [0.1, 0.15) is 13.8 Å². The monoisotopic (exact) mass is 328 g/mol. The molecule has 0 aliphatic carbocycles. The lowest BCUT2D eigenvalue weighted by Gasteiger charge is -2.39. The average molecular weight is 328 g/mol. The molecule has 6 heteroatoms. The third kappa shape index (κ3) is 4.98. The molecule has 0 aromatic carbocycles. The number of morpholine rings is 1. The Balaban J connectivity index is 0.00000196. The highest BCUT2D eigenvalue weighted by molar-refractivity contribution is 14.0. The molecule has 15 heavy (non-hydrogen) atoms. The van der Waals surface area contributed by atoms with E-state index in [9.17, 15) is 0 Å². The highest BCUT2D eigenvalue weighted by Gasteiger charge is 2.27. The molecule has 0 aromatic rings. The Kier molecular flexibility index (Phi) is 6.46. The van der Waals surface area contributed by atoms with Gasteiger partial charge in [-0.25, -0.2) is 0 Å². The quantitative estimate of drug-likeness (QED) is 0.434. The lowest BCUT2D eigenvalue weighted by atomic mass is 10.0. The van der Waals surface area contributed by atoms with Crippen molar-refractivity contribution in [2.24, 2.45) is 16.5 Å². The van der Waals surface area contributed by atoms with Gasteiger partial charge < -0.3 is 16.2 Å². The first kappa shape index (κ1) is 14.9. The Morgan fingerprint density at radius 3 is 2.33 bits per heavy atom. The molecule has 1 heterocycles. The largest absolute Gasteiger partial charge is 0.379 e. The molecule has 1 aliphatic heterocycles. The smallest absolute Gasteiger partial charge is 0.185 e. The minimum atomic E-state index is 0. The summed E-state index contributed by atoms with van der Waals surface area (Å²) in [4.78, 5) is 6.41. The normalized spacial score (nSPS) is 18.0. The summed E-state index contributed by atoms with van der Waals surface area (Å²) in [5, 5.41) is 0. The van der Waals surface area contributed by atoms with Crippen LogP contribution in [0.4, 0.5) is 0 Å². The van der Waals surface area contributed by atoms with Gasteiger partial charge in [0.1, 0.15) is 0 Å². The van der Waals surface area contributed by atoms with Crippen LogP contribution in [0.5, 0.6) is 0 Å². The summed E-state index contributed by atoms with van der Waals surface area (Å²) >= 11 is 0. The van der Waals surface area contributed by atoms with E-state index in [-0.39, 0.29) is 35.5 Å². The van der Waals surface area contributed by atoms with Gasteiger partial charge in [0.15, 0.2) is 5.96 Å². The van der Waals surface area contributed by atoms with Crippen molar-refractivity contribution in [2.45, 2.75) is 19.4 Å². The zero-order chi connectivity index (χ0) is 10.6. The minimum absolute atomic E-state index is 0. The van der Waals surface area contributed by atoms with Crippen molar-refractivity contribution in [3.05, 3.63) is 0 Å². The maximum atomic E-state index is 5.31. The fraction of sp³-hybridized carbons (Fsp3) is 0.889. The molecule has 0 bridgehead atoms. The molecule has 0 unspecified atom stereocenters. The second kappa shape index (κ2) is 6.49. The van der Waals surface area contributed by atoms with Gasteiger partial charge in [0, 0.05) is 18.6 Å². The molecule has 1 saturated heterocycles. The molecule has 0 aromatic heterocycles. The number of rotatable bonds is 3. The van der Waals surface area contributed by atoms with Crippen LogP contribution < -0.4 is 11.5 Å². The van der Waals surface area contributed by atoms with Gasteiger partial charge in [0.25, 0.3) is 0 Å². The number of hydrogen-bond acceptors (Lipinski definition) is 3. The van der Waals surface area contributed by atoms with Gasteiger partial charge in [-0.1, -0.05) is 0 Å². The summed E-state index contributed by atoms with van der Waals surface area (Å²) in [7, 11) is 0. The molecule has 0 amide bonds. The summed E-state index contributed by atoms with van der Waals surface area (Å²) in [5.74, 6) is 0.159. The van der Waals surface area contributed by atoms with E-state index in [1.54, 1.807) is 0 Å².